The van der Waals surface area contributed by atoms with Crippen LogP contribution in [0.2, 0.25) is 0 Å². The molecule has 2 amide bonds. The fourth-order valence-electron chi connectivity index (χ4n) is 5.06. The van der Waals surface area contributed by atoms with E-state index in [1.165, 1.54) is 0 Å². The van der Waals surface area contributed by atoms with Crippen molar-refractivity contribution in [2.45, 2.75) is 44.1 Å². The molecule has 3 aliphatic rings. The first kappa shape index (κ1) is 18.3. The van der Waals surface area contributed by atoms with E-state index in [1.807, 2.05) is 35.2 Å². The van der Waals surface area contributed by atoms with Crippen LogP contribution in [0.5, 0.6) is 0 Å². The minimum absolute atomic E-state index is 0.0194. The third-order valence-electron chi connectivity index (χ3n) is 6.91. The second-order valence-electron chi connectivity index (χ2n) is 8.87. The molecule has 5 rings (SSSR count). The van der Waals surface area contributed by atoms with Gasteiger partial charge in [0.05, 0.1) is 5.92 Å². The van der Waals surface area contributed by atoms with Crippen molar-refractivity contribution in [2.75, 3.05) is 19.6 Å². The summed E-state index contributed by atoms with van der Waals surface area (Å²) in [4.78, 5) is 34.4. The van der Waals surface area contributed by atoms with E-state index in [0.29, 0.717) is 17.6 Å². The Hall–Kier alpha value is -2.69. The predicted molar refractivity (Wildman–Crippen MR) is 110 cm³/mol. The Kier molecular flexibility index (Phi) is 4.61. The summed E-state index contributed by atoms with van der Waals surface area (Å²) in [5, 5.41) is 0. The number of pyridine rings is 1. The molecule has 1 aromatic carbocycles. The molecule has 2 aromatic rings. The first-order valence-corrected chi connectivity index (χ1v) is 10.7. The number of carbonyl (C=O) groups is 2. The molecule has 5 heteroatoms. The molecule has 1 spiro atoms. The summed E-state index contributed by atoms with van der Waals surface area (Å²) in [7, 11) is 0. The molecule has 2 saturated heterocycles. The number of rotatable bonds is 3. The molecule has 1 aromatic heterocycles. The maximum absolute atomic E-state index is 13.2. The average molecular weight is 389 g/mol. The standard InChI is InChI=1S/C24H27N3O2/c28-22-20(18-6-2-1-3-7-18)16-24(17-27(22)19-9-10-19)11-14-26(15-12-24)23(29)21-8-4-5-13-25-21/h1-8,13,19-20H,9-12,14-17H2/t20-/m0/s1. The van der Waals surface area contributed by atoms with Crippen molar-refractivity contribution in [1.29, 1.82) is 0 Å². The minimum atomic E-state index is -0.0522. The van der Waals surface area contributed by atoms with Gasteiger partial charge in [0, 0.05) is 31.9 Å². The number of piperidine rings is 2. The molecule has 1 atom stereocenters. The quantitative estimate of drug-likeness (QED) is 0.808. The first-order chi connectivity index (χ1) is 14.2. The molecule has 0 N–H and O–H groups in total. The van der Waals surface area contributed by atoms with E-state index in [9.17, 15) is 9.59 Å². The number of likely N-dealkylation sites (tertiary alicyclic amines) is 2. The highest BCUT2D eigenvalue weighted by molar-refractivity contribution is 5.92. The van der Waals surface area contributed by atoms with Crippen LogP contribution < -0.4 is 0 Å². The molecule has 1 saturated carbocycles. The van der Waals surface area contributed by atoms with Crippen LogP contribution in [0.3, 0.4) is 0 Å². The summed E-state index contributed by atoms with van der Waals surface area (Å²) in [6, 6.07) is 16.1. The van der Waals surface area contributed by atoms with E-state index in [-0.39, 0.29) is 17.2 Å². The maximum Gasteiger partial charge on any atom is 0.272 e. The van der Waals surface area contributed by atoms with Crippen molar-refractivity contribution in [3.05, 3.63) is 66.0 Å². The predicted octanol–water partition coefficient (Wildman–Crippen LogP) is 3.48. The van der Waals surface area contributed by atoms with Gasteiger partial charge in [0.25, 0.3) is 5.91 Å². The average Bonchev–Trinajstić information content (AvgIpc) is 3.62. The van der Waals surface area contributed by atoms with E-state index >= 15 is 0 Å². The molecule has 0 radical (unpaired) electrons. The lowest BCUT2D eigenvalue weighted by Gasteiger charge is -2.50. The van der Waals surface area contributed by atoms with Gasteiger partial charge in [-0.15, -0.1) is 0 Å². The lowest BCUT2D eigenvalue weighted by Crippen LogP contribution is -2.55. The highest BCUT2D eigenvalue weighted by atomic mass is 16.2. The van der Waals surface area contributed by atoms with Gasteiger partial charge in [-0.05, 0) is 55.2 Å². The van der Waals surface area contributed by atoms with E-state index in [4.69, 9.17) is 0 Å². The molecule has 29 heavy (non-hydrogen) atoms. The Balaban J connectivity index is 1.35. The minimum Gasteiger partial charge on any atom is -0.339 e. The van der Waals surface area contributed by atoms with Crippen LogP contribution in [-0.4, -0.2) is 52.3 Å². The molecule has 3 heterocycles. The van der Waals surface area contributed by atoms with Crippen molar-refractivity contribution < 1.29 is 9.59 Å². The summed E-state index contributed by atoms with van der Waals surface area (Å²) in [6.07, 6.45) is 6.73. The van der Waals surface area contributed by atoms with Gasteiger partial charge in [0.2, 0.25) is 5.91 Å². The van der Waals surface area contributed by atoms with Crippen LogP contribution in [0, 0.1) is 5.41 Å². The smallest absolute Gasteiger partial charge is 0.272 e. The number of amides is 2. The Morgan fingerprint density at radius 2 is 1.72 bits per heavy atom. The fraction of sp³-hybridized carbons (Fsp3) is 0.458. The molecule has 3 fully saturated rings. The Morgan fingerprint density at radius 3 is 2.38 bits per heavy atom. The van der Waals surface area contributed by atoms with E-state index in [1.54, 1.807) is 12.3 Å². The topological polar surface area (TPSA) is 53.5 Å². The van der Waals surface area contributed by atoms with Crippen LogP contribution in [0.1, 0.15) is 54.1 Å². The molecular formula is C24H27N3O2. The Bertz CT molecular complexity index is 887. The molecule has 0 bridgehead atoms. The van der Waals surface area contributed by atoms with Crippen LogP contribution >= 0.6 is 0 Å². The second-order valence-corrected chi connectivity index (χ2v) is 8.87. The summed E-state index contributed by atoms with van der Waals surface area (Å²) >= 11 is 0. The third-order valence-corrected chi connectivity index (χ3v) is 6.91. The fourth-order valence-corrected chi connectivity index (χ4v) is 5.06. The zero-order valence-electron chi connectivity index (χ0n) is 16.7. The van der Waals surface area contributed by atoms with Gasteiger partial charge in [-0.25, -0.2) is 0 Å². The summed E-state index contributed by atoms with van der Waals surface area (Å²) < 4.78 is 0. The molecule has 2 aliphatic heterocycles. The second kappa shape index (κ2) is 7.29. The summed E-state index contributed by atoms with van der Waals surface area (Å²) in [6.45, 7) is 2.33. The number of hydrogen-bond acceptors (Lipinski definition) is 3. The largest absolute Gasteiger partial charge is 0.339 e. The van der Waals surface area contributed by atoms with Crippen LogP contribution in [0.25, 0.3) is 0 Å². The monoisotopic (exact) mass is 389 g/mol. The van der Waals surface area contributed by atoms with Gasteiger partial charge >= 0.3 is 0 Å². The number of benzene rings is 1. The SMILES string of the molecule is O=C(c1ccccn1)N1CCC2(CC1)C[C@@H](c1ccccc1)C(=O)N(C1CC1)C2. The van der Waals surface area contributed by atoms with Crippen LogP contribution in [0.15, 0.2) is 54.7 Å². The van der Waals surface area contributed by atoms with Crippen molar-refractivity contribution in [1.82, 2.24) is 14.8 Å². The Labute approximate surface area is 171 Å². The highest BCUT2D eigenvalue weighted by Crippen LogP contribution is 2.48. The van der Waals surface area contributed by atoms with Crippen LogP contribution in [0.4, 0.5) is 0 Å². The molecule has 0 unspecified atom stereocenters. The normalized spacial score (nSPS) is 24.0. The van der Waals surface area contributed by atoms with E-state index in [2.05, 4.69) is 22.0 Å². The summed E-state index contributed by atoms with van der Waals surface area (Å²) in [5.41, 5.74) is 1.76. The van der Waals surface area contributed by atoms with E-state index < -0.39 is 0 Å². The highest BCUT2D eigenvalue weighted by Gasteiger charge is 2.49. The van der Waals surface area contributed by atoms with Gasteiger partial charge in [-0.1, -0.05) is 36.4 Å². The van der Waals surface area contributed by atoms with Crippen molar-refractivity contribution >= 4 is 11.8 Å². The number of aromatic nitrogens is 1. The first-order valence-electron chi connectivity index (χ1n) is 10.7. The van der Waals surface area contributed by atoms with Crippen LogP contribution in [-0.2, 0) is 4.79 Å². The van der Waals surface area contributed by atoms with Crippen molar-refractivity contribution in [3.63, 3.8) is 0 Å². The van der Waals surface area contributed by atoms with Gasteiger partial charge in [0.15, 0.2) is 0 Å². The van der Waals surface area contributed by atoms with Gasteiger partial charge < -0.3 is 9.80 Å². The molecule has 150 valence electrons. The zero-order valence-corrected chi connectivity index (χ0v) is 16.7. The number of hydrogen-bond donors (Lipinski definition) is 0. The van der Waals surface area contributed by atoms with Crippen molar-refractivity contribution in [2.24, 2.45) is 5.41 Å². The molecular weight excluding hydrogens is 362 g/mol. The molecule has 1 aliphatic carbocycles. The lowest BCUT2D eigenvalue weighted by molar-refractivity contribution is -0.142. The Morgan fingerprint density at radius 1 is 1.00 bits per heavy atom. The maximum atomic E-state index is 13.2. The van der Waals surface area contributed by atoms with Gasteiger partial charge in [0.1, 0.15) is 5.69 Å². The van der Waals surface area contributed by atoms with Gasteiger partial charge in [-0.3, -0.25) is 14.6 Å². The van der Waals surface area contributed by atoms with Crippen molar-refractivity contribution in [3.8, 4) is 0 Å². The summed E-state index contributed by atoms with van der Waals surface area (Å²) in [5.74, 6) is 0.269. The lowest BCUT2D eigenvalue weighted by atomic mass is 9.67. The zero-order chi connectivity index (χ0) is 19.8. The molecule has 5 nitrogen and oxygen atoms in total. The van der Waals surface area contributed by atoms with E-state index in [0.717, 1.165) is 57.3 Å². The number of nitrogens with zero attached hydrogens (tertiary/aromatic N) is 3. The third kappa shape index (κ3) is 3.54. The number of carbonyl (C=O) groups excluding carboxylic acids is 2. The van der Waals surface area contributed by atoms with Gasteiger partial charge in [-0.2, -0.15) is 0 Å².